The number of hydrogen-bond donors (Lipinski definition) is 2. The third-order valence-corrected chi connectivity index (χ3v) is 3.34. The Labute approximate surface area is 128 Å². The molecule has 0 radical (unpaired) electrons. The summed E-state index contributed by atoms with van der Waals surface area (Å²) in [6.07, 6.45) is 0. The number of anilines is 1. The van der Waals surface area contributed by atoms with Crippen LogP contribution >= 0.6 is 11.6 Å². The predicted octanol–water partition coefficient (Wildman–Crippen LogP) is 3.77. The largest absolute Gasteiger partial charge is 0.376 e. The van der Waals surface area contributed by atoms with Crippen LogP contribution in [0.5, 0.6) is 0 Å². The first-order chi connectivity index (χ1) is 10.1. The zero-order valence-corrected chi connectivity index (χ0v) is 12.3. The van der Waals surface area contributed by atoms with Gasteiger partial charge in [0.2, 0.25) is 5.91 Å². The second-order valence-corrected chi connectivity index (χ2v) is 5.09. The van der Waals surface area contributed by atoms with Gasteiger partial charge in [-0.2, -0.15) is 0 Å². The van der Waals surface area contributed by atoms with Crippen LogP contribution < -0.4 is 10.6 Å². The van der Waals surface area contributed by atoms with E-state index >= 15 is 0 Å². The van der Waals surface area contributed by atoms with Gasteiger partial charge in [-0.15, -0.1) is 0 Å². The predicted molar refractivity (Wildman–Crippen MR) is 82.9 cm³/mol. The first-order valence-corrected chi connectivity index (χ1v) is 6.97. The average molecular weight is 307 g/mol. The standard InChI is InChI=1S/C16H16ClFN2O/c1-11(12-5-3-2-4-6-12)20-16(21)10-19-13-7-8-15(18)14(17)9-13/h2-9,11,19H,10H2,1H3,(H,20,21)/t11-/m0/s1. The molecular formula is C16H16ClFN2O. The molecule has 0 aliphatic rings. The molecule has 0 unspecified atom stereocenters. The van der Waals surface area contributed by atoms with Crippen molar-refractivity contribution in [2.45, 2.75) is 13.0 Å². The highest BCUT2D eigenvalue weighted by Gasteiger charge is 2.09. The zero-order valence-electron chi connectivity index (χ0n) is 11.6. The molecule has 0 aliphatic carbocycles. The van der Waals surface area contributed by atoms with Crippen molar-refractivity contribution in [2.75, 3.05) is 11.9 Å². The molecule has 21 heavy (non-hydrogen) atoms. The molecule has 3 nitrogen and oxygen atoms in total. The van der Waals surface area contributed by atoms with E-state index in [-0.39, 0.29) is 23.5 Å². The fourth-order valence-electron chi connectivity index (χ4n) is 1.91. The van der Waals surface area contributed by atoms with Crippen molar-refractivity contribution in [2.24, 2.45) is 0 Å². The van der Waals surface area contributed by atoms with Crippen LogP contribution in [0, 0.1) is 5.82 Å². The molecule has 2 rings (SSSR count). The Balaban J connectivity index is 1.86. The summed E-state index contributed by atoms with van der Waals surface area (Å²) in [7, 11) is 0. The minimum Gasteiger partial charge on any atom is -0.376 e. The third kappa shape index (κ3) is 4.46. The maximum Gasteiger partial charge on any atom is 0.239 e. The van der Waals surface area contributed by atoms with Gasteiger partial charge in [0, 0.05) is 5.69 Å². The summed E-state index contributed by atoms with van der Waals surface area (Å²) in [5.74, 6) is -0.629. The molecule has 2 aromatic rings. The topological polar surface area (TPSA) is 41.1 Å². The first kappa shape index (κ1) is 15.3. The normalized spacial score (nSPS) is 11.8. The third-order valence-electron chi connectivity index (χ3n) is 3.05. The molecular weight excluding hydrogens is 291 g/mol. The van der Waals surface area contributed by atoms with Crippen molar-refractivity contribution in [3.8, 4) is 0 Å². The van der Waals surface area contributed by atoms with Crippen LogP contribution in [0.25, 0.3) is 0 Å². The van der Waals surface area contributed by atoms with Crippen molar-refractivity contribution in [1.29, 1.82) is 0 Å². The quantitative estimate of drug-likeness (QED) is 0.883. The summed E-state index contributed by atoms with van der Waals surface area (Å²) in [5.41, 5.74) is 1.64. The minimum atomic E-state index is -0.482. The Morgan fingerprint density at radius 3 is 2.62 bits per heavy atom. The Morgan fingerprint density at radius 1 is 1.24 bits per heavy atom. The zero-order chi connectivity index (χ0) is 15.2. The van der Waals surface area contributed by atoms with Crippen molar-refractivity contribution < 1.29 is 9.18 Å². The molecule has 2 N–H and O–H groups in total. The highest BCUT2D eigenvalue weighted by atomic mass is 35.5. The number of halogens is 2. The molecule has 0 fully saturated rings. The summed E-state index contributed by atoms with van der Waals surface area (Å²) in [6.45, 7) is 2.02. The van der Waals surface area contributed by atoms with Crippen molar-refractivity contribution >= 4 is 23.2 Å². The molecule has 0 saturated heterocycles. The molecule has 1 amide bonds. The lowest BCUT2D eigenvalue weighted by atomic mass is 10.1. The van der Waals surface area contributed by atoms with E-state index in [0.29, 0.717) is 5.69 Å². The van der Waals surface area contributed by atoms with Crippen LogP contribution in [-0.4, -0.2) is 12.5 Å². The Kier molecular flexibility index (Phi) is 5.17. The van der Waals surface area contributed by atoms with E-state index in [1.165, 1.54) is 18.2 Å². The van der Waals surface area contributed by atoms with Gasteiger partial charge >= 0.3 is 0 Å². The van der Waals surface area contributed by atoms with E-state index in [0.717, 1.165) is 5.56 Å². The summed E-state index contributed by atoms with van der Waals surface area (Å²) in [4.78, 5) is 11.9. The molecule has 0 spiro atoms. The molecule has 0 aliphatic heterocycles. The van der Waals surface area contributed by atoms with Crippen molar-refractivity contribution in [3.63, 3.8) is 0 Å². The second-order valence-electron chi connectivity index (χ2n) is 4.68. The molecule has 1 atom stereocenters. The molecule has 5 heteroatoms. The number of rotatable bonds is 5. The lowest BCUT2D eigenvalue weighted by Gasteiger charge is -2.15. The maximum absolute atomic E-state index is 13.0. The van der Waals surface area contributed by atoms with Crippen molar-refractivity contribution in [3.05, 3.63) is 64.9 Å². The monoisotopic (exact) mass is 306 g/mol. The molecule has 0 heterocycles. The van der Waals surface area contributed by atoms with E-state index in [9.17, 15) is 9.18 Å². The van der Waals surface area contributed by atoms with Gasteiger partial charge in [-0.25, -0.2) is 4.39 Å². The summed E-state index contributed by atoms with van der Waals surface area (Å²) < 4.78 is 13.0. The van der Waals surface area contributed by atoms with Gasteiger partial charge in [-0.3, -0.25) is 4.79 Å². The van der Waals surface area contributed by atoms with E-state index < -0.39 is 5.82 Å². The van der Waals surface area contributed by atoms with Crippen LogP contribution in [0.1, 0.15) is 18.5 Å². The SMILES string of the molecule is C[C@H](NC(=O)CNc1ccc(F)c(Cl)c1)c1ccccc1. The fraction of sp³-hybridized carbons (Fsp3) is 0.188. The number of amides is 1. The van der Waals surface area contributed by atoms with Crippen LogP contribution in [0.3, 0.4) is 0 Å². The molecule has 0 aromatic heterocycles. The first-order valence-electron chi connectivity index (χ1n) is 6.59. The molecule has 0 bridgehead atoms. The summed E-state index contributed by atoms with van der Waals surface area (Å²) in [6, 6.07) is 13.9. The maximum atomic E-state index is 13.0. The molecule has 110 valence electrons. The number of carbonyl (C=O) groups excluding carboxylic acids is 1. The van der Waals surface area contributed by atoms with Gasteiger partial charge in [0.25, 0.3) is 0 Å². The van der Waals surface area contributed by atoms with Gasteiger partial charge in [-0.05, 0) is 30.7 Å². The van der Waals surface area contributed by atoms with E-state index in [2.05, 4.69) is 10.6 Å². The highest BCUT2D eigenvalue weighted by molar-refractivity contribution is 6.31. The summed E-state index contributed by atoms with van der Waals surface area (Å²) >= 11 is 5.68. The Morgan fingerprint density at radius 2 is 1.95 bits per heavy atom. The Bertz CT molecular complexity index is 619. The number of hydrogen-bond acceptors (Lipinski definition) is 2. The van der Waals surface area contributed by atoms with E-state index in [1.54, 1.807) is 0 Å². The van der Waals surface area contributed by atoms with Gasteiger partial charge in [0.15, 0.2) is 0 Å². The lowest BCUT2D eigenvalue weighted by molar-refractivity contribution is -0.120. The number of benzene rings is 2. The second kappa shape index (κ2) is 7.09. The summed E-state index contributed by atoms with van der Waals surface area (Å²) in [5, 5.41) is 5.82. The fourth-order valence-corrected chi connectivity index (χ4v) is 2.09. The van der Waals surface area contributed by atoms with Gasteiger partial charge in [0.05, 0.1) is 17.6 Å². The van der Waals surface area contributed by atoms with Crippen LogP contribution in [0.2, 0.25) is 5.02 Å². The van der Waals surface area contributed by atoms with Gasteiger partial charge in [0.1, 0.15) is 5.82 Å². The minimum absolute atomic E-state index is 0.0260. The Hall–Kier alpha value is -2.07. The molecule has 2 aromatic carbocycles. The van der Waals surface area contributed by atoms with Crippen LogP contribution in [0.15, 0.2) is 48.5 Å². The smallest absolute Gasteiger partial charge is 0.239 e. The van der Waals surface area contributed by atoms with Crippen molar-refractivity contribution in [1.82, 2.24) is 5.32 Å². The van der Waals surface area contributed by atoms with Crippen LogP contribution in [0.4, 0.5) is 10.1 Å². The molecule has 0 saturated carbocycles. The highest BCUT2D eigenvalue weighted by Crippen LogP contribution is 2.19. The number of carbonyl (C=O) groups is 1. The lowest BCUT2D eigenvalue weighted by Crippen LogP contribution is -2.32. The number of nitrogens with one attached hydrogen (secondary N) is 2. The van der Waals surface area contributed by atoms with Gasteiger partial charge in [-0.1, -0.05) is 41.9 Å². The van der Waals surface area contributed by atoms with E-state index in [4.69, 9.17) is 11.6 Å². The average Bonchev–Trinajstić information content (AvgIpc) is 2.49. The van der Waals surface area contributed by atoms with E-state index in [1.807, 2.05) is 37.3 Å². The van der Waals surface area contributed by atoms with Crippen LogP contribution in [-0.2, 0) is 4.79 Å². The van der Waals surface area contributed by atoms with Gasteiger partial charge < -0.3 is 10.6 Å².